The summed E-state index contributed by atoms with van der Waals surface area (Å²) in [6.45, 7) is -1.05. The fourth-order valence-corrected chi connectivity index (χ4v) is 3.00. The van der Waals surface area contributed by atoms with E-state index in [0.717, 1.165) is 0 Å². The van der Waals surface area contributed by atoms with Crippen molar-refractivity contribution in [3.8, 4) is 11.5 Å². The van der Waals surface area contributed by atoms with Crippen molar-refractivity contribution in [2.75, 3.05) is 13.2 Å². The Morgan fingerprint density at radius 3 is 2.19 bits per heavy atom. The van der Waals surface area contributed by atoms with E-state index in [9.17, 15) is 19.2 Å². The van der Waals surface area contributed by atoms with E-state index in [4.69, 9.17) is 9.47 Å². The van der Waals surface area contributed by atoms with Gasteiger partial charge in [0, 0.05) is 5.56 Å². The molecule has 0 spiro atoms. The molecule has 3 aromatic rings. The van der Waals surface area contributed by atoms with Crippen molar-refractivity contribution in [3.05, 3.63) is 82.6 Å². The molecule has 3 rings (SSSR count). The summed E-state index contributed by atoms with van der Waals surface area (Å²) in [7, 11) is 0. The number of nitrogens with one attached hydrogen (secondary N) is 2. The smallest absolute Gasteiger partial charge is 0.325 e. The molecule has 0 saturated carbocycles. The van der Waals surface area contributed by atoms with Gasteiger partial charge in [-0.15, -0.1) is 11.3 Å². The fourth-order valence-electron chi connectivity index (χ4n) is 2.38. The summed E-state index contributed by atoms with van der Waals surface area (Å²) >= 11 is 1.18. The van der Waals surface area contributed by atoms with Gasteiger partial charge in [0.25, 0.3) is 17.7 Å². The number of rotatable bonds is 8. The molecule has 1 aromatic heterocycles. The summed E-state index contributed by atoms with van der Waals surface area (Å²) in [6, 6.07) is 18.8. The zero-order valence-electron chi connectivity index (χ0n) is 16.2. The van der Waals surface area contributed by atoms with Crippen molar-refractivity contribution >= 4 is 35.0 Å². The van der Waals surface area contributed by atoms with Crippen LogP contribution in [0.25, 0.3) is 0 Å². The van der Waals surface area contributed by atoms with E-state index in [-0.39, 0.29) is 0 Å². The lowest BCUT2D eigenvalue weighted by Gasteiger charge is -2.08. The number of hydrogen-bond acceptors (Lipinski definition) is 7. The summed E-state index contributed by atoms with van der Waals surface area (Å²) in [5.74, 6) is -1.39. The monoisotopic (exact) mass is 438 g/mol. The molecule has 2 aromatic carbocycles. The topological polar surface area (TPSA) is 111 Å². The van der Waals surface area contributed by atoms with Gasteiger partial charge in [0.15, 0.2) is 6.61 Å². The highest BCUT2D eigenvalue weighted by atomic mass is 32.1. The molecule has 0 radical (unpaired) electrons. The van der Waals surface area contributed by atoms with E-state index in [1.807, 2.05) is 30.3 Å². The summed E-state index contributed by atoms with van der Waals surface area (Å²) in [4.78, 5) is 47.7. The molecule has 31 heavy (non-hydrogen) atoms. The zero-order valence-corrected chi connectivity index (χ0v) is 17.0. The van der Waals surface area contributed by atoms with Crippen LogP contribution in [-0.4, -0.2) is 36.8 Å². The van der Waals surface area contributed by atoms with Crippen molar-refractivity contribution in [1.29, 1.82) is 0 Å². The second kappa shape index (κ2) is 10.7. The predicted molar refractivity (Wildman–Crippen MR) is 113 cm³/mol. The van der Waals surface area contributed by atoms with Crippen LogP contribution in [0.2, 0.25) is 0 Å². The molecule has 0 aliphatic carbocycles. The van der Waals surface area contributed by atoms with E-state index in [0.29, 0.717) is 21.9 Å². The van der Waals surface area contributed by atoms with Crippen molar-refractivity contribution in [2.45, 2.75) is 0 Å². The first kappa shape index (κ1) is 21.7. The van der Waals surface area contributed by atoms with Gasteiger partial charge in [0.05, 0.1) is 4.88 Å². The van der Waals surface area contributed by atoms with Crippen molar-refractivity contribution < 1.29 is 28.7 Å². The van der Waals surface area contributed by atoms with Crippen LogP contribution in [0.1, 0.15) is 20.0 Å². The number of thiophene rings is 1. The summed E-state index contributed by atoms with van der Waals surface area (Å²) in [5, 5.41) is 6.21. The Morgan fingerprint density at radius 2 is 1.52 bits per heavy atom. The SMILES string of the molecule is O=C(COC(=O)CNC(=O)c1ccc(Oc2ccccc2)cc1)NC(=O)c1cccs1. The van der Waals surface area contributed by atoms with Gasteiger partial charge in [-0.2, -0.15) is 0 Å². The Kier molecular flexibility index (Phi) is 7.50. The molecule has 0 atom stereocenters. The minimum Gasteiger partial charge on any atom is -0.457 e. The average Bonchev–Trinajstić information content (AvgIpc) is 3.32. The van der Waals surface area contributed by atoms with Gasteiger partial charge in [-0.05, 0) is 47.8 Å². The second-order valence-electron chi connectivity index (χ2n) is 6.14. The summed E-state index contributed by atoms with van der Waals surface area (Å²) in [5.41, 5.74) is 0.326. The van der Waals surface area contributed by atoms with Crippen LogP contribution in [0.5, 0.6) is 11.5 Å². The molecule has 0 aliphatic rings. The van der Waals surface area contributed by atoms with Gasteiger partial charge in [0.2, 0.25) is 0 Å². The molecule has 8 nitrogen and oxygen atoms in total. The van der Waals surface area contributed by atoms with Crippen LogP contribution in [0.3, 0.4) is 0 Å². The molecule has 0 saturated heterocycles. The summed E-state index contributed by atoms with van der Waals surface area (Å²) < 4.78 is 10.4. The number of carbonyl (C=O) groups excluding carboxylic acids is 4. The number of imide groups is 1. The first-order chi connectivity index (χ1) is 15.0. The molecule has 0 aliphatic heterocycles. The average molecular weight is 438 g/mol. The molecule has 0 fully saturated rings. The third-order valence-electron chi connectivity index (χ3n) is 3.85. The molecular weight excluding hydrogens is 420 g/mol. The van der Waals surface area contributed by atoms with E-state index in [1.54, 1.807) is 41.8 Å². The van der Waals surface area contributed by atoms with Gasteiger partial charge in [-0.1, -0.05) is 24.3 Å². The van der Waals surface area contributed by atoms with Gasteiger partial charge < -0.3 is 14.8 Å². The summed E-state index contributed by atoms with van der Waals surface area (Å²) in [6.07, 6.45) is 0. The number of hydrogen-bond donors (Lipinski definition) is 2. The van der Waals surface area contributed by atoms with Crippen LogP contribution in [0, 0.1) is 0 Å². The Balaban J connectivity index is 1.39. The molecule has 158 valence electrons. The first-order valence-corrected chi connectivity index (χ1v) is 10.0. The van der Waals surface area contributed by atoms with Gasteiger partial charge >= 0.3 is 5.97 Å². The van der Waals surface area contributed by atoms with E-state index in [1.165, 1.54) is 11.3 Å². The Labute approximate surface area is 181 Å². The molecule has 1 heterocycles. The highest BCUT2D eigenvalue weighted by Crippen LogP contribution is 2.21. The predicted octanol–water partition coefficient (Wildman–Crippen LogP) is 2.77. The molecule has 9 heteroatoms. The second-order valence-corrected chi connectivity index (χ2v) is 7.09. The number of esters is 1. The van der Waals surface area contributed by atoms with Crippen LogP contribution < -0.4 is 15.4 Å². The lowest BCUT2D eigenvalue weighted by molar-refractivity contribution is -0.147. The molecule has 0 unspecified atom stereocenters. The third-order valence-corrected chi connectivity index (χ3v) is 4.72. The molecular formula is C22H18N2O6S. The highest BCUT2D eigenvalue weighted by Gasteiger charge is 2.14. The van der Waals surface area contributed by atoms with Crippen molar-refractivity contribution in [1.82, 2.24) is 10.6 Å². The Morgan fingerprint density at radius 1 is 0.806 bits per heavy atom. The number of carbonyl (C=O) groups is 4. The van der Waals surface area contributed by atoms with E-state index >= 15 is 0 Å². The molecule has 0 bridgehead atoms. The minimum atomic E-state index is -0.809. The maximum atomic E-state index is 12.2. The van der Waals surface area contributed by atoms with Crippen LogP contribution in [0.4, 0.5) is 0 Å². The number of amides is 3. The largest absolute Gasteiger partial charge is 0.457 e. The number of ether oxygens (including phenoxy) is 2. The fraction of sp³-hybridized carbons (Fsp3) is 0.0909. The van der Waals surface area contributed by atoms with Crippen LogP contribution in [0.15, 0.2) is 72.1 Å². The van der Waals surface area contributed by atoms with Gasteiger partial charge in [-0.25, -0.2) is 0 Å². The molecule has 3 amide bonds. The maximum absolute atomic E-state index is 12.2. The normalized spacial score (nSPS) is 10.1. The quantitative estimate of drug-likeness (QED) is 0.523. The Bertz CT molecular complexity index is 1050. The van der Waals surface area contributed by atoms with E-state index in [2.05, 4.69) is 10.6 Å². The standard InChI is InChI=1S/C22H18N2O6S/c25-19(24-22(28)18-7-4-12-31-18)14-29-20(26)13-23-21(27)15-8-10-17(11-9-15)30-16-5-2-1-3-6-16/h1-12H,13-14H2,(H,23,27)(H,24,25,28). The lowest BCUT2D eigenvalue weighted by atomic mass is 10.2. The maximum Gasteiger partial charge on any atom is 0.325 e. The highest BCUT2D eigenvalue weighted by molar-refractivity contribution is 7.12. The van der Waals surface area contributed by atoms with Gasteiger partial charge in [0.1, 0.15) is 18.0 Å². The van der Waals surface area contributed by atoms with Crippen LogP contribution in [-0.2, 0) is 14.3 Å². The van der Waals surface area contributed by atoms with Crippen LogP contribution >= 0.6 is 11.3 Å². The number of para-hydroxylation sites is 1. The first-order valence-electron chi connectivity index (χ1n) is 9.16. The number of benzene rings is 2. The molecule has 2 N–H and O–H groups in total. The lowest BCUT2D eigenvalue weighted by Crippen LogP contribution is -2.36. The third kappa shape index (κ3) is 6.79. The zero-order chi connectivity index (χ0) is 22.1. The Hall–Kier alpha value is -3.98. The van der Waals surface area contributed by atoms with E-state index < -0.39 is 36.8 Å². The van der Waals surface area contributed by atoms with Gasteiger partial charge in [-0.3, -0.25) is 24.5 Å². The van der Waals surface area contributed by atoms with Crippen molar-refractivity contribution in [2.24, 2.45) is 0 Å². The minimum absolute atomic E-state index is 0.326. The van der Waals surface area contributed by atoms with Crippen molar-refractivity contribution in [3.63, 3.8) is 0 Å².